The van der Waals surface area contributed by atoms with E-state index in [-0.39, 0.29) is 41.4 Å². The molecule has 1 fully saturated rings. The fourth-order valence-corrected chi connectivity index (χ4v) is 3.52. The number of carbonyl (C=O) groups excluding carboxylic acids is 3. The molecule has 0 saturated carbocycles. The smallest absolute Gasteiger partial charge is 0.416 e. The van der Waals surface area contributed by atoms with Crippen molar-refractivity contribution in [3.05, 3.63) is 59.2 Å². The number of likely N-dealkylation sites (N-methyl/N-ethyl adjacent to an activating group) is 1. The molecule has 0 aliphatic carbocycles. The van der Waals surface area contributed by atoms with Crippen LogP contribution >= 0.6 is 0 Å². The normalized spacial score (nSPS) is 20.5. The lowest BCUT2D eigenvalue weighted by molar-refractivity contribution is -0.134. The van der Waals surface area contributed by atoms with Gasteiger partial charge in [-0.05, 0) is 24.3 Å². The highest BCUT2D eigenvalue weighted by Crippen LogP contribution is 2.37. The van der Waals surface area contributed by atoms with Gasteiger partial charge in [0, 0.05) is 19.5 Å². The van der Waals surface area contributed by atoms with Crippen LogP contribution < -0.4 is 9.64 Å². The van der Waals surface area contributed by atoms with Crippen molar-refractivity contribution in [2.75, 3.05) is 18.5 Å². The summed E-state index contributed by atoms with van der Waals surface area (Å²) >= 11 is 0. The number of carbonyl (C=O) groups is 3. The molecule has 0 bridgehead atoms. The van der Waals surface area contributed by atoms with E-state index in [2.05, 4.69) is 0 Å². The van der Waals surface area contributed by atoms with Gasteiger partial charge in [-0.15, -0.1) is 0 Å². The van der Waals surface area contributed by atoms with Crippen LogP contribution in [0.1, 0.15) is 35.4 Å². The fourth-order valence-electron chi connectivity index (χ4n) is 3.52. The van der Waals surface area contributed by atoms with E-state index in [4.69, 9.17) is 9.47 Å². The Morgan fingerprint density at radius 2 is 1.90 bits per heavy atom. The molecule has 0 radical (unpaired) electrons. The molecule has 1 saturated heterocycles. The molecule has 2 aromatic rings. The third-order valence-electron chi connectivity index (χ3n) is 5.26. The average molecular weight is 416 g/mol. The lowest BCUT2D eigenvalue weighted by Gasteiger charge is -2.26. The van der Waals surface area contributed by atoms with Gasteiger partial charge >= 0.3 is 6.09 Å². The Hall–Kier alpha value is -3.49. The number of cyclic esters (lactones) is 1. The first kappa shape index (κ1) is 19.8. The number of ether oxygens (including phenoxy) is 2. The first-order valence-corrected chi connectivity index (χ1v) is 9.25. The molecule has 0 N–H and O–H groups in total. The van der Waals surface area contributed by atoms with Gasteiger partial charge < -0.3 is 14.4 Å². The van der Waals surface area contributed by atoms with Crippen LogP contribution in [0.25, 0.3) is 0 Å². The van der Waals surface area contributed by atoms with Crippen molar-refractivity contribution in [2.24, 2.45) is 0 Å². The highest BCUT2D eigenvalue weighted by Gasteiger charge is 2.37. The van der Waals surface area contributed by atoms with Gasteiger partial charge in [-0.2, -0.15) is 0 Å². The monoisotopic (exact) mass is 416 g/mol. The summed E-state index contributed by atoms with van der Waals surface area (Å²) in [5, 5.41) is 0. The zero-order chi connectivity index (χ0) is 21.6. The molecule has 2 aliphatic heterocycles. The molecule has 156 valence electrons. The molecule has 2 amide bonds. The van der Waals surface area contributed by atoms with Crippen LogP contribution in [-0.2, 0) is 9.53 Å². The maximum Gasteiger partial charge on any atom is 0.416 e. The predicted octanol–water partition coefficient (Wildman–Crippen LogP) is 3.43. The van der Waals surface area contributed by atoms with E-state index >= 15 is 0 Å². The van der Waals surface area contributed by atoms with Crippen molar-refractivity contribution in [1.29, 1.82) is 0 Å². The van der Waals surface area contributed by atoms with Crippen LogP contribution in [0.2, 0.25) is 0 Å². The van der Waals surface area contributed by atoms with Crippen molar-refractivity contribution >= 4 is 23.5 Å². The van der Waals surface area contributed by atoms with Crippen LogP contribution in [0.5, 0.6) is 5.75 Å². The quantitative estimate of drug-likeness (QED) is 0.766. The molecule has 0 spiro atoms. The molecule has 7 nitrogen and oxygen atoms in total. The predicted molar refractivity (Wildman–Crippen MR) is 101 cm³/mol. The van der Waals surface area contributed by atoms with Crippen LogP contribution in [0, 0.1) is 11.6 Å². The lowest BCUT2D eigenvalue weighted by Crippen LogP contribution is -2.38. The van der Waals surface area contributed by atoms with Gasteiger partial charge in [0.05, 0.1) is 24.2 Å². The zero-order valence-electron chi connectivity index (χ0n) is 16.2. The highest BCUT2D eigenvalue weighted by atomic mass is 19.1. The van der Waals surface area contributed by atoms with Gasteiger partial charge in [-0.3, -0.25) is 14.5 Å². The molecule has 1 unspecified atom stereocenters. The van der Waals surface area contributed by atoms with Crippen LogP contribution in [0.4, 0.5) is 19.3 Å². The van der Waals surface area contributed by atoms with Gasteiger partial charge in [-0.1, -0.05) is 12.1 Å². The summed E-state index contributed by atoms with van der Waals surface area (Å²) in [6, 6.07) is 8.10. The van der Waals surface area contributed by atoms with E-state index in [0.717, 1.165) is 6.07 Å². The van der Waals surface area contributed by atoms with E-state index in [1.807, 2.05) is 0 Å². The van der Waals surface area contributed by atoms with Crippen molar-refractivity contribution < 1.29 is 32.6 Å². The van der Waals surface area contributed by atoms with Crippen molar-refractivity contribution in [2.45, 2.75) is 25.7 Å². The largest absolute Gasteiger partial charge is 0.484 e. The number of amides is 2. The fraction of sp³-hybridized carbons (Fsp3) is 0.286. The summed E-state index contributed by atoms with van der Waals surface area (Å²) in [5.74, 6) is -2.03. The number of ketones is 1. The SMILES string of the molecule is CC(=O)N(C)[C@@H]1CN(c2ccc(C3CC(=O)c4c(F)cccc4O3)c(F)c2)C(=O)O1. The Kier molecular flexibility index (Phi) is 4.89. The minimum atomic E-state index is -0.914. The van der Waals surface area contributed by atoms with Crippen LogP contribution in [0.15, 0.2) is 36.4 Å². The summed E-state index contributed by atoms with van der Waals surface area (Å²) in [7, 11) is 1.51. The molecule has 0 aromatic heterocycles. The molecule has 2 aromatic carbocycles. The summed E-state index contributed by atoms with van der Waals surface area (Å²) in [6.45, 7) is 1.40. The second kappa shape index (κ2) is 7.40. The molecule has 30 heavy (non-hydrogen) atoms. The molecule has 2 aliphatic rings. The Bertz CT molecular complexity index is 1060. The summed E-state index contributed by atoms with van der Waals surface area (Å²) in [4.78, 5) is 38.5. The second-order valence-corrected chi connectivity index (χ2v) is 7.13. The number of nitrogens with zero attached hydrogens (tertiary/aromatic N) is 2. The van der Waals surface area contributed by atoms with Crippen LogP contribution in [0.3, 0.4) is 0 Å². The molecular weight excluding hydrogens is 398 g/mol. The number of halogens is 2. The maximum atomic E-state index is 14.9. The highest BCUT2D eigenvalue weighted by molar-refractivity contribution is 6.00. The third kappa shape index (κ3) is 3.36. The first-order valence-electron chi connectivity index (χ1n) is 9.25. The summed E-state index contributed by atoms with van der Waals surface area (Å²) in [5.41, 5.74) is 0.229. The molecular formula is C21H18F2N2O5. The van der Waals surface area contributed by atoms with Gasteiger partial charge in [0.1, 0.15) is 23.5 Å². The average Bonchev–Trinajstić information content (AvgIpc) is 3.08. The standard InChI is InChI=1S/C21H18F2N2O5/c1-11(26)24(2)19-10-25(21(28)30-19)12-6-7-13(15(23)8-12)18-9-16(27)20-14(22)4-3-5-17(20)29-18/h3-8,18-19H,9-10H2,1-2H3/t18?,19-/m0/s1. The topological polar surface area (TPSA) is 76.2 Å². The zero-order valence-corrected chi connectivity index (χ0v) is 16.2. The van der Waals surface area contributed by atoms with Gasteiger partial charge in [0.2, 0.25) is 5.91 Å². The molecule has 2 heterocycles. The molecule has 4 rings (SSSR count). The number of rotatable bonds is 3. The molecule has 2 atom stereocenters. The van der Waals surface area contributed by atoms with E-state index in [9.17, 15) is 23.2 Å². The number of hydrogen-bond acceptors (Lipinski definition) is 5. The minimum Gasteiger partial charge on any atom is -0.484 e. The first-order chi connectivity index (χ1) is 14.3. The van der Waals surface area contributed by atoms with Crippen molar-refractivity contribution in [3.8, 4) is 5.75 Å². The van der Waals surface area contributed by atoms with E-state index in [0.29, 0.717) is 0 Å². The van der Waals surface area contributed by atoms with Gasteiger partial charge in [-0.25, -0.2) is 13.6 Å². The number of hydrogen-bond donors (Lipinski definition) is 0. The summed E-state index contributed by atoms with van der Waals surface area (Å²) < 4.78 is 39.6. The van der Waals surface area contributed by atoms with E-state index < -0.39 is 35.8 Å². The van der Waals surface area contributed by atoms with Gasteiger partial charge in [0.25, 0.3) is 0 Å². The third-order valence-corrected chi connectivity index (χ3v) is 5.26. The van der Waals surface area contributed by atoms with Crippen molar-refractivity contribution in [3.63, 3.8) is 0 Å². The number of anilines is 1. The Balaban J connectivity index is 1.57. The second-order valence-electron chi connectivity index (χ2n) is 7.13. The Morgan fingerprint density at radius 1 is 1.13 bits per heavy atom. The molecule has 9 heteroatoms. The van der Waals surface area contributed by atoms with Crippen molar-refractivity contribution in [1.82, 2.24) is 4.90 Å². The van der Waals surface area contributed by atoms with E-state index in [1.54, 1.807) is 0 Å². The Morgan fingerprint density at radius 3 is 2.60 bits per heavy atom. The lowest BCUT2D eigenvalue weighted by atomic mass is 9.95. The number of Topliss-reactive ketones (excluding diaryl/α,β-unsaturated/α-hetero) is 1. The van der Waals surface area contributed by atoms with Crippen LogP contribution in [-0.4, -0.2) is 42.5 Å². The minimum absolute atomic E-state index is 0.0543. The number of benzene rings is 2. The number of fused-ring (bicyclic) bond motifs is 1. The van der Waals surface area contributed by atoms with Gasteiger partial charge in [0.15, 0.2) is 12.0 Å². The Labute approximate surface area is 170 Å². The van der Waals surface area contributed by atoms with E-state index in [1.165, 1.54) is 54.1 Å². The summed E-state index contributed by atoms with van der Waals surface area (Å²) in [6.07, 6.45) is -2.60. The maximum absolute atomic E-state index is 14.9.